The molecule has 2 aromatic carbocycles. The molecule has 0 spiro atoms. The van der Waals surface area contributed by atoms with Crippen LogP contribution in [-0.2, 0) is 4.79 Å². The van der Waals surface area contributed by atoms with Gasteiger partial charge >= 0.3 is 0 Å². The molecule has 0 saturated carbocycles. The monoisotopic (exact) mass is 345 g/mol. The number of nitrogens with one attached hydrogen (secondary N) is 1. The van der Waals surface area contributed by atoms with Crippen molar-refractivity contribution >= 4 is 40.4 Å². The average Bonchev–Trinajstić information content (AvgIpc) is 3.18. The van der Waals surface area contributed by atoms with Gasteiger partial charge in [-0.05, 0) is 42.8 Å². The Bertz CT molecular complexity index is 1010. The normalized spacial score (nSPS) is 15.8. The first-order chi connectivity index (χ1) is 12.5. The highest BCUT2D eigenvalue weighted by Crippen LogP contribution is 2.25. The third-order valence-corrected chi connectivity index (χ3v) is 4.36. The van der Waals surface area contributed by atoms with Crippen molar-refractivity contribution in [1.29, 1.82) is 0 Å². The number of amides is 1. The average molecular weight is 345 g/mol. The summed E-state index contributed by atoms with van der Waals surface area (Å²) in [5, 5.41) is 5.72. The van der Waals surface area contributed by atoms with E-state index < -0.39 is 0 Å². The lowest BCUT2D eigenvalue weighted by atomic mass is 10.1. The number of carbonyl (C=O) groups excluding carboxylic acids is 1. The number of hydrogen-bond donors (Lipinski definition) is 1. The van der Waals surface area contributed by atoms with Gasteiger partial charge in [0, 0.05) is 19.8 Å². The maximum Gasteiger partial charge on any atom is 0.283 e. The molecule has 6 heteroatoms. The van der Waals surface area contributed by atoms with Gasteiger partial charge in [0.15, 0.2) is 0 Å². The van der Waals surface area contributed by atoms with Gasteiger partial charge in [-0.1, -0.05) is 24.3 Å². The van der Waals surface area contributed by atoms with Crippen LogP contribution < -0.4 is 9.91 Å². The number of benzene rings is 2. The zero-order valence-corrected chi connectivity index (χ0v) is 14.9. The van der Waals surface area contributed by atoms with Crippen LogP contribution >= 0.6 is 0 Å². The quantitative estimate of drug-likeness (QED) is 0.740. The molecule has 6 nitrogen and oxygen atoms in total. The third-order valence-electron chi connectivity index (χ3n) is 4.36. The molecule has 1 N–H and O–H groups in total. The van der Waals surface area contributed by atoms with E-state index in [0.717, 1.165) is 22.3 Å². The fraction of sp³-hybridized carbons (Fsp3) is 0.150. The Morgan fingerprint density at radius 2 is 1.81 bits per heavy atom. The maximum absolute atomic E-state index is 12.8. The molecule has 0 atom stereocenters. The first-order valence-electron chi connectivity index (χ1n) is 8.37. The lowest BCUT2D eigenvalue weighted by Gasteiger charge is -2.12. The largest absolute Gasteiger partial charge is 0.378 e. The number of nitrogens with zero attached hydrogens (tertiary/aromatic N) is 4. The SMILES string of the molecule is CC1=NN(c2nc3ccccc3[nH]2)C(=O)/C1=C\c1ccc(N(C)C)cc1. The number of imidazole rings is 1. The molecule has 2 heterocycles. The molecule has 130 valence electrons. The van der Waals surface area contributed by atoms with Crippen LogP contribution in [0.15, 0.2) is 59.2 Å². The number of H-pyrrole nitrogens is 1. The first-order valence-corrected chi connectivity index (χ1v) is 8.37. The topological polar surface area (TPSA) is 64.6 Å². The van der Waals surface area contributed by atoms with Crippen LogP contribution in [0.1, 0.15) is 12.5 Å². The fourth-order valence-electron chi connectivity index (χ4n) is 2.90. The van der Waals surface area contributed by atoms with Crippen molar-refractivity contribution in [3.63, 3.8) is 0 Å². The number of anilines is 2. The van der Waals surface area contributed by atoms with E-state index in [9.17, 15) is 4.79 Å². The number of hydrazone groups is 1. The van der Waals surface area contributed by atoms with Gasteiger partial charge in [0.05, 0.1) is 22.3 Å². The van der Waals surface area contributed by atoms with Crippen LogP contribution in [0.2, 0.25) is 0 Å². The summed E-state index contributed by atoms with van der Waals surface area (Å²) in [4.78, 5) is 22.5. The molecular weight excluding hydrogens is 326 g/mol. The zero-order chi connectivity index (χ0) is 18.3. The van der Waals surface area contributed by atoms with Gasteiger partial charge < -0.3 is 9.88 Å². The standard InChI is InChI=1S/C20H19N5O/c1-13-16(12-14-8-10-15(11-9-14)24(2)3)19(26)25(23-13)20-21-17-6-4-5-7-18(17)22-20/h4-12H,1-3H3,(H,21,22)/b16-12-. The van der Waals surface area contributed by atoms with Crippen LogP contribution in [0.25, 0.3) is 17.1 Å². The molecule has 0 radical (unpaired) electrons. The van der Waals surface area contributed by atoms with Crippen LogP contribution in [0.5, 0.6) is 0 Å². The van der Waals surface area contributed by atoms with Crippen molar-refractivity contribution < 1.29 is 4.79 Å². The van der Waals surface area contributed by atoms with E-state index in [2.05, 4.69) is 15.1 Å². The van der Waals surface area contributed by atoms with Gasteiger partial charge in [-0.25, -0.2) is 4.98 Å². The summed E-state index contributed by atoms with van der Waals surface area (Å²) in [6.07, 6.45) is 1.86. The van der Waals surface area contributed by atoms with Crippen molar-refractivity contribution in [2.24, 2.45) is 5.10 Å². The Morgan fingerprint density at radius 3 is 2.50 bits per heavy atom. The molecule has 0 fully saturated rings. The van der Waals surface area contributed by atoms with E-state index in [1.807, 2.05) is 80.5 Å². The first kappa shape index (κ1) is 16.1. The molecule has 0 aliphatic carbocycles. The maximum atomic E-state index is 12.8. The highest BCUT2D eigenvalue weighted by Gasteiger charge is 2.30. The van der Waals surface area contributed by atoms with Gasteiger partial charge in [-0.3, -0.25) is 4.79 Å². The Labute approximate surface area is 151 Å². The lowest BCUT2D eigenvalue weighted by molar-refractivity contribution is -0.114. The predicted octanol–water partition coefficient (Wildman–Crippen LogP) is 3.44. The minimum absolute atomic E-state index is 0.182. The second-order valence-electron chi connectivity index (χ2n) is 6.42. The molecule has 1 aliphatic heterocycles. The van der Waals surface area contributed by atoms with Crippen LogP contribution in [0.3, 0.4) is 0 Å². The van der Waals surface area contributed by atoms with Crippen molar-refractivity contribution in [3.05, 3.63) is 59.7 Å². The summed E-state index contributed by atoms with van der Waals surface area (Å²) >= 11 is 0. The summed E-state index contributed by atoms with van der Waals surface area (Å²) in [6, 6.07) is 15.7. The summed E-state index contributed by atoms with van der Waals surface area (Å²) in [6.45, 7) is 1.83. The van der Waals surface area contributed by atoms with E-state index in [4.69, 9.17) is 0 Å². The number of fused-ring (bicyclic) bond motifs is 1. The molecule has 0 saturated heterocycles. The number of hydrogen-bond acceptors (Lipinski definition) is 4. The Balaban J connectivity index is 1.65. The van der Waals surface area contributed by atoms with Gasteiger partial charge in [0.25, 0.3) is 5.91 Å². The second kappa shape index (κ2) is 6.15. The summed E-state index contributed by atoms with van der Waals surface area (Å²) < 4.78 is 0. The van der Waals surface area contributed by atoms with E-state index in [1.165, 1.54) is 5.01 Å². The van der Waals surface area contributed by atoms with E-state index in [0.29, 0.717) is 17.2 Å². The molecule has 0 unspecified atom stereocenters. The van der Waals surface area contributed by atoms with E-state index in [1.54, 1.807) is 0 Å². The van der Waals surface area contributed by atoms with Crippen LogP contribution in [0, 0.1) is 0 Å². The lowest BCUT2D eigenvalue weighted by Crippen LogP contribution is -2.22. The molecule has 0 bridgehead atoms. The van der Waals surface area contributed by atoms with Crippen molar-refractivity contribution in [3.8, 4) is 0 Å². The predicted molar refractivity (Wildman–Crippen MR) is 105 cm³/mol. The van der Waals surface area contributed by atoms with E-state index >= 15 is 0 Å². The van der Waals surface area contributed by atoms with Crippen molar-refractivity contribution in [2.75, 3.05) is 24.0 Å². The minimum Gasteiger partial charge on any atom is -0.378 e. The smallest absolute Gasteiger partial charge is 0.283 e. The molecular formula is C20H19N5O. The summed E-state index contributed by atoms with van der Waals surface area (Å²) in [5.41, 5.74) is 4.99. The van der Waals surface area contributed by atoms with Gasteiger partial charge in [-0.15, -0.1) is 0 Å². The number of aromatic nitrogens is 2. The molecule has 4 rings (SSSR count). The Morgan fingerprint density at radius 1 is 1.08 bits per heavy atom. The molecule has 1 aliphatic rings. The van der Waals surface area contributed by atoms with Gasteiger partial charge in [0.2, 0.25) is 5.95 Å². The van der Waals surface area contributed by atoms with Crippen molar-refractivity contribution in [1.82, 2.24) is 9.97 Å². The molecule has 26 heavy (non-hydrogen) atoms. The summed E-state index contributed by atoms with van der Waals surface area (Å²) in [7, 11) is 3.99. The number of aromatic amines is 1. The highest BCUT2D eigenvalue weighted by molar-refractivity contribution is 6.31. The minimum atomic E-state index is -0.182. The number of rotatable bonds is 3. The molecule has 3 aromatic rings. The molecule has 1 amide bonds. The highest BCUT2D eigenvalue weighted by atomic mass is 16.2. The van der Waals surface area contributed by atoms with E-state index in [-0.39, 0.29) is 5.91 Å². The molecule has 1 aromatic heterocycles. The zero-order valence-electron chi connectivity index (χ0n) is 14.9. The number of carbonyl (C=O) groups is 1. The van der Waals surface area contributed by atoms with Crippen LogP contribution in [-0.4, -0.2) is 35.7 Å². The third kappa shape index (κ3) is 2.75. The van der Waals surface area contributed by atoms with Crippen LogP contribution in [0.4, 0.5) is 11.6 Å². The second-order valence-corrected chi connectivity index (χ2v) is 6.42. The fourth-order valence-corrected chi connectivity index (χ4v) is 2.90. The summed E-state index contributed by atoms with van der Waals surface area (Å²) in [5.74, 6) is 0.250. The Hall–Kier alpha value is -3.41. The van der Waals surface area contributed by atoms with Crippen molar-refractivity contribution in [2.45, 2.75) is 6.92 Å². The number of para-hydroxylation sites is 2. The van der Waals surface area contributed by atoms with Gasteiger partial charge in [0.1, 0.15) is 0 Å². The van der Waals surface area contributed by atoms with Gasteiger partial charge in [-0.2, -0.15) is 10.1 Å². The Kier molecular flexibility index (Phi) is 3.80.